The van der Waals surface area contributed by atoms with Crippen LogP contribution >= 0.6 is 0 Å². The van der Waals surface area contributed by atoms with Crippen LogP contribution in [0.3, 0.4) is 0 Å². The normalized spacial score (nSPS) is 11.4. The number of benzene rings is 1. The molecule has 0 aliphatic rings. The van der Waals surface area contributed by atoms with E-state index in [1.807, 2.05) is 19.1 Å². The van der Waals surface area contributed by atoms with Crippen LogP contribution in [0.15, 0.2) is 23.0 Å². The molecule has 1 aromatic carbocycles. The highest BCUT2D eigenvalue weighted by Crippen LogP contribution is 2.19. The Morgan fingerprint density at radius 2 is 2.00 bits per heavy atom. The number of rotatable bonds is 2. The van der Waals surface area contributed by atoms with Gasteiger partial charge in [-0.3, -0.25) is 4.79 Å². The Labute approximate surface area is 102 Å². The number of aromatic nitrogens is 1. The first-order chi connectivity index (χ1) is 8.04. The molecule has 2 heteroatoms. The molecule has 0 saturated carbocycles. The number of hydrogen-bond donors (Lipinski definition) is 1. The van der Waals surface area contributed by atoms with Gasteiger partial charge >= 0.3 is 0 Å². The molecule has 0 unspecified atom stereocenters. The lowest BCUT2D eigenvalue weighted by Gasteiger charge is -2.09. The van der Waals surface area contributed by atoms with Gasteiger partial charge < -0.3 is 4.98 Å². The second kappa shape index (κ2) is 4.36. The van der Waals surface area contributed by atoms with E-state index in [1.54, 1.807) is 0 Å². The molecule has 2 nitrogen and oxygen atoms in total. The average molecular weight is 229 g/mol. The number of hydrogen-bond acceptors (Lipinski definition) is 1. The van der Waals surface area contributed by atoms with Crippen molar-refractivity contribution in [2.75, 3.05) is 0 Å². The highest BCUT2D eigenvalue weighted by molar-refractivity contribution is 5.80. The van der Waals surface area contributed by atoms with Crippen molar-refractivity contribution >= 4 is 10.9 Å². The van der Waals surface area contributed by atoms with E-state index in [-0.39, 0.29) is 5.43 Å². The Balaban J connectivity index is 2.79. The van der Waals surface area contributed by atoms with Crippen LogP contribution in [-0.2, 0) is 6.42 Å². The van der Waals surface area contributed by atoms with Gasteiger partial charge in [-0.1, -0.05) is 26.8 Å². The zero-order valence-electron chi connectivity index (χ0n) is 10.9. The molecule has 1 heterocycles. The van der Waals surface area contributed by atoms with Crippen molar-refractivity contribution in [1.29, 1.82) is 0 Å². The van der Waals surface area contributed by atoms with Gasteiger partial charge in [-0.25, -0.2) is 0 Å². The van der Waals surface area contributed by atoms with Crippen molar-refractivity contribution in [1.82, 2.24) is 4.98 Å². The van der Waals surface area contributed by atoms with E-state index in [1.165, 1.54) is 5.56 Å². The first kappa shape index (κ1) is 11.9. The van der Waals surface area contributed by atoms with Gasteiger partial charge in [0.05, 0.1) is 0 Å². The minimum absolute atomic E-state index is 0.165. The molecule has 1 N–H and O–H groups in total. The van der Waals surface area contributed by atoms with Crippen LogP contribution < -0.4 is 5.43 Å². The van der Waals surface area contributed by atoms with Gasteiger partial charge in [-0.2, -0.15) is 0 Å². The molecular formula is C15H19NO. The Morgan fingerprint density at radius 1 is 1.29 bits per heavy atom. The maximum Gasteiger partial charge on any atom is 0.192 e. The molecule has 2 rings (SSSR count). The van der Waals surface area contributed by atoms with Crippen molar-refractivity contribution in [2.24, 2.45) is 0 Å². The van der Waals surface area contributed by atoms with E-state index in [0.717, 1.165) is 28.6 Å². The van der Waals surface area contributed by atoms with Gasteiger partial charge in [0, 0.05) is 22.2 Å². The van der Waals surface area contributed by atoms with Crippen LogP contribution in [-0.4, -0.2) is 4.98 Å². The number of fused-ring (bicyclic) bond motifs is 1. The minimum Gasteiger partial charge on any atom is -0.358 e. The van der Waals surface area contributed by atoms with E-state index < -0.39 is 0 Å². The molecule has 0 amide bonds. The topological polar surface area (TPSA) is 32.9 Å². The third-order valence-electron chi connectivity index (χ3n) is 3.39. The van der Waals surface area contributed by atoms with Crippen LogP contribution in [0.2, 0.25) is 0 Å². The number of aryl methyl sites for hydroxylation is 1. The molecule has 0 saturated heterocycles. The molecule has 90 valence electrons. The molecule has 1 aromatic heterocycles. The number of pyridine rings is 1. The summed E-state index contributed by atoms with van der Waals surface area (Å²) in [6.07, 6.45) is 0.864. The molecule has 2 aromatic rings. The zero-order chi connectivity index (χ0) is 12.6. The van der Waals surface area contributed by atoms with Gasteiger partial charge in [0.25, 0.3) is 0 Å². The van der Waals surface area contributed by atoms with Crippen molar-refractivity contribution < 1.29 is 0 Å². The summed E-state index contributed by atoms with van der Waals surface area (Å²) < 4.78 is 0. The van der Waals surface area contributed by atoms with Crippen molar-refractivity contribution in [2.45, 2.75) is 40.0 Å². The van der Waals surface area contributed by atoms with E-state index in [2.05, 4.69) is 31.8 Å². The smallest absolute Gasteiger partial charge is 0.192 e. The molecule has 0 spiro atoms. The lowest BCUT2D eigenvalue weighted by Crippen LogP contribution is -2.11. The van der Waals surface area contributed by atoms with Crippen LogP contribution in [0.4, 0.5) is 0 Å². The van der Waals surface area contributed by atoms with Crippen LogP contribution in [0.25, 0.3) is 10.9 Å². The summed E-state index contributed by atoms with van der Waals surface area (Å²) in [5, 5.41) is 0.811. The maximum atomic E-state index is 12.3. The fourth-order valence-electron chi connectivity index (χ4n) is 2.17. The van der Waals surface area contributed by atoms with Crippen LogP contribution in [0.5, 0.6) is 0 Å². The zero-order valence-corrected chi connectivity index (χ0v) is 10.9. The molecule has 0 bridgehead atoms. The van der Waals surface area contributed by atoms with Crippen molar-refractivity contribution in [3.8, 4) is 0 Å². The number of H-pyrrole nitrogens is 1. The average Bonchev–Trinajstić information content (AvgIpc) is 2.33. The van der Waals surface area contributed by atoms with E-state index >= 15 is 0 Å². The quantitative estimate of drug-likeness (QED) is 0.839. The fourth-order valence-corrected chi connectivity index (χ4v) is 2.17. The predicted molar refractivity (Wildman–Crippen MR) is 72.8 cm³/mol. The molecule has 0 aliphatic carbocycles. The highest BCUT2D eigenvalue weighted by atomic mass is 16.1. The Morgan fingerprint density at radius 3 is 2.59 bits per heavy atom. The minimum atomic E-state index is 0.165. The molecule has 17 heavy (non-hydrogen) atoms. The second-order valence-corrected chi connectivity index (χ2v) is 4.87. The standard InChI is InChI=1S/C15H19NO/c1-5-13-10(4)15(17)12-8-11(9(2)3)6-7-14(12)16-13/h6-9H,5H2,1-4H3,(H,16,17). The first-order valence-electron chi connectivity index (χ1n) is 6.20. The SMILES string of the molecule is CCc1[nH]c2ccc(C(C)C)cc2c(=O)c1C. The first-order valence-corrected chi connectivity index (χ1v) is 6.20. The number of aromatic amines is 1. The maximum absolute atomic E-state index is 12.3. The Hall–Kier alpha value is -1.57. The van der Waals surface area contributed by atoms with E-state index in [0.29, 0.717) is 5.92 Å². The van der Waals surface area contributed by atoms with E-state index in [4.69, 9.17) is 0 Å². The lowest BCUT2D eigenvalue weighted by atomic mass is 9.99. The van der Waals surface area contributed by atoms with Gasteiger partial charge in [-0.05, 0) is 37.0 Å². The summed E-state index contributed by atoms with van der Waals surface area (Å²) in [6, 6.07) is 6.13. The summed E-state index contributed by atoms with van der Waals surface area (Å²) in [4.78, 5) is 15.6. The molecule has 0 atom stereocenters. The van der Waals surface area contributed by atoms with Crippen LogP contribution in [0, 0.1) is 6.92 Å². The fraction of sp³-hybridized carbons (Fsp3) is 0.400. The largest absolute Gasteiger partial charge is 0.358 e. The van der Waals surface area contributed by atoms with Gasteiger partial charge in [-0.15, -0.1) is 0 Å². The summed E-state index contributed by atoms with van der Waals surface area (Å²) in [7, 11) is 0. The van der Waals surface area contributed by atoms with Crippen LogP contribution in [0.1, 0.15) is 43.5 Å². The molecule has 0 aliphatic heterocycles. The second-order valence-electron chi connectivity index (χ2n) is 4.87. The van der Waals surface area contributed by atoms with Crippen molar-refractivity contribution in [3.05, 3.63) is 45.2 Å². The third-order valence-corrected chi connectivity index (χ3v) is 3.39. The van der Waals surface area contributed by atoms with Crippen molar-refractivity contribution in [3.63, 3.8) is 0 Å². The Kier molecular flexibility index (Phi) is 3.05. The summed E-state index contributed by atoms with van der Waals surface area (Å²) in [6.45, 7) is 8.25. The molecule has 0 fully saturated rings. The van der Waals surface area contributed by atoms with Gasteiger partial charge in [0.15, 0.2) is 5.43 Å². The summed E-state index contributed by atoms with van der Waals surface area (Å²) in [5.74, 6) is 0.449. The van der Waals surface area contributed by atoms with Gasteiger partial charge in [0.2, 0.25) is 0 Å². The highest BCUT2D eigenvalue weighted by Gasteiger charge is 2.08. The monoisotopic (exact) mass is 229 g/mol. The van der Waals surface area contributed by atoms with E-state index in [9.17, 15) is 4.79 Å². The summed E-state index contributed by atoms with van der Waals surface area (Å²) >= 11 is 0. The Bertz CT molecular complexity index is 608. The lowest BCUT2D eigenvalue weighted by molar-refractivity contribution is 0.868. The molecular weight excluding hydrogens is 210 g/mol. The third kappa shape index (κ3) is 1.99. The summed E-state index contributed by atoms with van der Waals surface area (Å²) in [5.41, 5.74) is 4.22. The van der Waals surface area contributed by atoms with Gasteiger partial charge in [0.1, 0.15) is 0 Å². The predicted octanol–water partition coefficient (Wildman–Crippen LogP) is 3.52. The molecule has 0 radical (unpaired) electrons. The number of nitrogens with one attached hydrogen (secondary N) is 1.